The predicted octanol–water partition coefficient (Wildman–Crippen LogP) is 0.873. The lowest BCUT2D eigenvalue weighted by Crippen LogP contribution is -2.47. The van der Waals surface area contributed by atoms with E-state index in [9.17, 15) is 9.90 Å². The zero-order chi connectivity index (χ0) is 14.5. The molecule has 0 heterocycles. The quantitative estimate of drug-likeness (QED) is 0.794. The van der Waals surface area contributed by atoms with Gasteiger partial charge in [-0.05, 0) is 38.1 Å². The molecule has 0 aliphatic rings. The number of aliphatic hydroxyl groups excluding tert-OH is 2. The topological polar surface area (TPSA) is 60.8 Å². The van der Waals surface area contributed by atoms with E-state index in [0.717, 1.165) is 5.56 Å². The SMILES string of the molecule is CN(C(=O)c1ccc(C#CCO)cc1)C(C)(C)CO. The van der Waals surface area contributed by atoms with Gasteiger partial charge in [0.25, 0.3) is 5.91 Å². The van der Waals surface area contributed by atoms with Crippen molar-refractivity contribution in [1.82, 2.24) is 4.90 Å². The molecule has 1 rings (SSSR count). The highest BCUT2D eigenvalue weighted by Crippen LogP contribution is 2.15. The lowest BCUT2D eigenvalue weighted by atomic mass is 10.0. The Hall–Kier alpha value is -1.83. The Balaban J connectivity index is 2.89. The normalized spacial score (nSPS) is 10.6. The maximum absolute atomic E-state index is 12.2. The first kappa shape index (κ1) is 15.2. The molecule has 19 heavy (non-hydrogen) atoms. The van der Waals surface area contributed by atoms with Gasteiger partial charge in [0.2, 0.25) is 0 Å². The fraction of sp³-hybridized carbons (Fsp3) is 0.400. The van der Waals surface area contributed by atoms with E-state index >= 15 is 0 Å². The standard InChI is InChI=1S/C15H19NO3/c1-15(2,11-18)16(3)14(19)13-8-6-12(7-9-13)5-4-10-17/h6-9,17-18H,10-11H2,1-3H3. The molecule has 0 unspecified atom stereocenters. The molecule has 1 aromatic rings. The van der Waals surface area contributed by atoms with Gasteiger partial charge < -0.3 is 15.1 Å². The molecule has 2 N–H and O–H groups in total. The monoisotopic (exact) mass is 261 g/mol. The molecular weight excluding hydrogens is 242 g/mol. The molecule has 0 bridgehead atoms. The summed E-state index contributed by atoms with van der Waals surface area (Å²) in [6, 6.07) is 6.84. The molecule has 0 aliphatic heterocycles. The van der Waals surface area contributed by atoms with Crippen LogP contribution in [-0.4, -0.2) is 46.8 Å². The number of amides is 1. The Kier molecular flexibility index (Phi) is 5.11. The summed E-state index contributed by atoms with van der Waals surface area (Å²) >= 11 is 0. The highest BCUT2D eigenvalue weighted by Gasteiger charge is 2.27. The average molecular weight is 261 g/mol. The Labute approximate surface area is 113 Å². The second kappa shape index (κ2) is 6.37. The molecule has 102 valence electrons. The summed E-state index contributed by atoms with van der Waals surface area (Å²) in [4.78, 5) is 13.7. The molecule has 4 nitrogen and oxygen atoms in total. The Morgan fingerprint density at radius 1 is 1.26 bits per heavy atom. The second-order valence-corrected chi connectivity index (χ2v) is 4.87. The lowest BCUT2D eigenvalue weighted by molar-refractivity contribution is 0.0473. The largest absolute Gasteiger partial charge is 0.394 e. The van der Waals surface area contributed by atoms with Crippen LogP contribution in [0.15, 0.2) is 24.3 Å². The fourth-order valence-corrected chi connectivity index (χ4v) is 1.41. The first-order valence-corrected chi connectivity index (χ1v) is 6.01. The maximum Gasteiger partial charge on any atom is 0.254 e. The van der Waals surface area contributed by atoms with Crippen LogP contribution in [0.1, 0.15) is 29.8 Å². The van der Waals surface area contributed by atoms with Gasteiger partial charge in [-0.25, -0.2) is 0 Å². The van der Waals surface area contributed by atoms with E-state index < -0.39 is 5.54 Å². The van der Waals surface area contributed by atoms with Crippen LogP contribution in [0.5, 0.6) is 0 Å². The van der Waals surface area contributed by atoms with Crippen molar-refractivity contribution in [1.29, 1.82) is 0 Å². The highest BCUT2D eigenvalue weighted by molar-refractivity contribution is 5.94. The van der Waals surface area contributed by atoms with Gasteiger partial charge >= 0.3 is 0 Å². The molecular formula is C15H19NO3. The van der Waals surface area contributed by atoms with Crippen LogP contribution in [-0.2, 0) is 0 Å². The Morgan fingerprint density at radius 3 is 2.32 bits per heavy atom. The van der Waals surface area contributed by atoms with Crippen LogP contribution in [0.4, 0.5) is 0 Å². The van der Waals surface area contributed by atoms with Gasteiger partial charge in [-0.1, -0.05) is 11.8 Å². The summed E-state index contributed by atoms with van der Waals surface area (Å²) in [5.41, 5.74) is 0.681. The van der Waals surface area contributed by atoms with Crippen LogP contribution in [0.25, 0.3) is 0 Å². The second-order valence-electron chi connectivity index (χ2n) is 4.87. The summed E-state index contributed by atoms with van der Waals surface area (Å²) in [6.45, 7) is 3.31. The number of hydrogen-bond acceptors (Lipinski definition) is 3. The van der Waals surface area contributed by atoms with E-state index in [1.165, 1.54) is 4.90 Å². The molecule has 4 heteroatoms. The van der Waals surface area contributed by atoms with E-state index in [0.29, 0.717) is 5.56 Å². The number of carbonyl (C=O) groups is 1. The zero-order valence-electron chi connectivity index (χ0n) is 11.5. The molecule has 0 fully saturated rings. The smallest absolute Gasteiger partial charge is 0.254 e. The minimum Gasteiger partial charge on any atom is -0.394 e. The van der Waals surface area contributed by atoms with Gasteiger partial charge in [0.05, 0.1) is 12.1 Å². The first-order valence-electron chi connectivity index (χ1n) is 6.01. The van der Waals surface area contributed by atoms with Gasteiger partial charge in [-0.2, -0.15) is 0 Å². The van der Waals surface area contributed by atoms with Crippen molar-refractivity contribution >= 4 is 5.91 Å². The third-order valence-corrected chi connectivity index (χ3v) is 3.04. The summed E-state index contributed by atoms with van der Waals surface area (Å²) in [5, 5.41) is 17.9. The Bertz CT molecular complexity index is 494. The van der Waals surface area contributed by atoms with E-state index in [-0.39, 0.29) is 19.1 Å². The third kappa shape index (κ3) is 3.82. The van der Waals surface area contributed by atoms with Crippen molar-refractivity contribution < 1.29 is 15.0 Å². The fourth-order valence-electron chi connectivity index (χ4n) is 1.41. The molecule has 0 spiro atoms. The maximum atomic E-state index is 12.2. The van der Waals surface area contributed by atoms with Gasteiger partial charge in [0, 0.05) is 18.2 Å². The van der Waals surface area contributed by atoms with Gasteiger partial charge in [0.15, 0.2) is 0 Å². The summed E-state index contributed by atoms with van der Waals surface area (Å²) in [5.74, 6) is 5.16. The van der Waals surface area contributed by atoms with Crippen LogP contribution in [0, 0.1) is 11.8 Å². The van der Waals surface area contributed by atoms with Crippen molar-refractivity contribution in [3.8, 4) is 11.8 Å². The van der Waals surface area contributed by atoms with E-state index in [2.05, 4.69) is 11.8 Å². The highest BCUT2D eigenvalue weighted by atomic mass is 16.3. The summed E-state index contributed by atoms with van der Waals surface area (Å²) in [6.07, 6.45) is 0. The minimum atomic E-state index is -0.605. The lowest BCUT2D eigenvalue weighted by Gasteiger charge is -2.34. The van der Waals surface area contributed by atoms with Gasteiger partial charge in [0.1, 0.15) is 6.61 Å². The predicted molar refractivity (Wildman–Crippen MR) is 73.7 cm³/mol. The molecule has 0 aliphatic carbocycles. The number of rotatable bonds is 3. The molecule has 0 saturated heterocycles. The summed E-state index contributed by atoms with van der Waals surface area (Å²) in [7, 11) is 1.66. The number of nitrogens with zero attached hydrogens (tertiary/aromatic N) is 1. The molecule has 0 aromatic heterocycles. The molecule has 0 radical (unpaired) electrons. The van der Waals surface area contributed by atoms with Gasteiger partial charge in [-0.3, -0.25) is 4.79 Å². The molecule has 0 atom stereocenters. The molecule has 0 saturated carbocycles. The van der Waals surface area contributed by atoms with E-state index in [4.69, 9.17) is 5.11 Å². The number of benzene rings is 1. The third-order valence-electron chi connectivity index (χ3n) is 3.04. The van der Waals surface area contributed by atoms with E-state index in [1.807, 2.05) is 0 Å². The van der Waals surface area contributed by atoms with Crippen LogP contribution in [0.2, 0.25) is 0 Å². The van der Waals surface area contributed by atoms with Crippen molar-refractivity contribution in [3.63, 3.8) is 0 Å². The average Bonchev–Trinajstić information content (AvgIpc) is 2.44. The first-order chi connectivity index (χ1) is 8.92. The van der Waals surface area contributed by atoms with Crippen LogP contribution in [0.3, 0.4) is 0 Å². The number of aliphatic hydroxyl groups is 2. The number of likely N-dealkylation sites (N-methyl/N-ethyl adjacent to an activating group) is 1. The summed E-state index contributed by atoms with van der Waals surface area (Å²) < 4.78 is 0. The molecule has 1 amide bonds. The van der Waals surface area contributed by atoms with Crippen molar-refractivity contribution in [2.45, 2.75) is 19.4 Å². The van der Waals surface area contributed by atoms with Crippen LogP contribution >= 0.6 is 0 Å². The minimum absolute atomic E-state index is 0.102. The van der Waals surface area contributed by atoms with Crippen molar-refractivity contribution in [2.75, 3.05) is 20.3 Å². The van der Waals surface area contributed by atoms with E-state index in [1.54, 1.807) is 45.2 Å². The number of hydrogen-bond donors (Lipinski definition) is 2. The van der Waals surface area contributed by atoms with Crippen LogP contribution < -0.4 is 0 Å². The van der Waals surface area contributed by atoms with Crippen molar-refractivity contribution in [2.24, 2.45) is 0 Å². The number of carbonyl (C=O) groups excluding carboxylic acids is 1. The Morgan fingerprint density at radius 2 is 1.84 bits per heavy atom. The zero-order valence-corrected chi connectivity index (χ0v) is 11.5. The molecule has 1 aromatic carbocycles. The van der Waals surface area contributed by atoms with Crippen molar-refractivity contribution in [3.05, 3.63) is 35.4 Å². The van der Waals surface area contributed by atoms with Gasteiger partial charge in [-0.15, -0.1) is 0 Å².